The summed E-state index contributed by atoms with van der Waals surface area (Å²) in [7, 11) is 19.2. The Morgan fingerprint density at radius 3 is 0.562 bits per heavy atom. The largest absolute Gasteiger partial charge is 3.00 e. The van der Waals surface area contributed by atoms with Gasteiger partial charge in [0.05, 0.1) is 79.9 Å². The Kier molecular flexibility index (Phi) is 49.0. The SMILES string of the molecule is CO.COc1cccc(/C=N/N(C)P(=S)(N(C)/N=C/c2cccc(OC)c2[O-])N(C)/N=C/c2cccc(OC)c2[O-])c1[O-].COc1cccc(/C=N/N(C)P(=S)(N(C)/N=C/c2cccc(OC)c2[O-])N(C)/N=C/c2cccc(OC)c2[O-])c1[O-].ClC(Cl)Cl.ClC(Cl)Cl.[Cl-].[Tb+3].[Zn+2].[Zn+2]. The second kappa shape index (κ2) is 49.2. The standard InChI is InChI=1S/2C27H33N6O6PS.2CHCl3.CH4O.ClH.Tb.2Zn/c2*1-31(28-16-19-10-7-13-22(37-4)25(19)34)40(41,32(2)29-17-20-11-8-14-23(38-5)26(20)35)33(3)30-18-21-12-9-15-24(39-6)27(21)36;2*2-1(3)4;1-2;;;;/h2*7-18,34-36H,1-6H3;2*1H;2H,1H3;1H;;;/q;;;;;;+3;2*+2/p-7/b2*28-16+,29-17+,30-18+;;;;;;;. The number of nitrogens with zero attached hydrogens (tertiary/aromatic N) is 12. The number of benzene rings is 6. The zero-order valence-corrected chi connectivity index (χ0v) is 70.6. The first-order valence-electron chi connectivity index (χ1n) is 25.8. The number of para-hydroxylation sites is 6. The van der Waals surface area contributed by atoms with Gasteiger partial charge in [-0.25, -0.2) is 28.7 Å². The van der Waals surface area contributed by atoms with Gasteiger partial charge in [-0.15, -0.1) is 0 Å². The van der Waals surface area contributed by atoms with E-state index in [9.17, 15) is 30.6 Å². The fourth-order valence-corrected chi connectivity index (χ4v) is 11.3. The maximum Gasteiger partial charge on any atom is 3.00 e. The molecule has 0 aromatic heterocycles. The van der Waals surface area contributed by atoms with Crippen molar-refractivity contribution in [1.82, 2.24) is 28.7 Å². The minimum Gasteiger partial charge on any atom is -1.00 e. The van der Waals surface area contributed by atoms with Crippen LogP contribution in [0.15, 0.2) is 140 Å². The van der Waals surface area contributed by atoms with Gasteiger partial charge >= 0.3 is 77.6 Å². The fraction of sp³-hybridized carbons (Fsp3) is 0.263. The third-order valence-corrected chi connectivity index (χ3v) is 21.2. The second-order valence-electron chi connectivity index (χ2n) is 17.2. The molecule has 0 aliphatic heterocycles. The van der Waals surface area contributed by atoms with Crippen LogP contribution in [0.4, 0.5) is 0 Å². The van der Waals surface area contributed by atoms with Crippen LogP contribution in [0.1, 0.15) is 33.4 Å². The van der Waals surface area contributed by atoms with Crippen molar-refractivity contribution in [2.45, 2.75) is 8.59 Å². The van der Waals surface area contributed by atoms with E-state index < -0.39 is 21.6 Å². The molecule has 0 fully saturated rings. The number of ether oxygens (including phenoxy) is 6. The maximum atomic E-state index is 12.6. The zero-order chi connectivity index (χ0) is 69.5. The van der Waals surface area contributed by atoms with Gasteiger partial charge in [-0.1, -0.05) is 177 Å². The van der Waals surface area contributed by atoms with Gasteiger partial charge < -0.3 is 76.6 Å². The summed E-state index contributed by atoms with van der Waals surface area (Å²) in [6.07, 6.45) is 8.23. The monoisotopic (exact) mass is 1780 g/mol. The molecule has 0 amide bonds. The molecule has 0 saturated carbocycles. The number of methoxy groups -OCH3 is 6. The zero-order valence-electron chi connectivity index (χ0n) is 53.8. The quantitative estimate of drug-likeness (QED) is 0.0264. The van der Waals surface area contributed by atoms with E-state index in [2.05, 4.69) is 30.6 Å². The average molecular weight is 1790 g/mol. The van der Waals surface area contributed by atoms with E-state index in [0.717, 1.165) is 7.11 Å². The predicted molar refractivity (Wildman–Crippen MR) is 366 cm³/mol. The van der Waals surface area contributed by atoms with E-state index in [1.54, 1.807) is 151 Å². The van der Waals surface area contributed by atoms with Gasteiger partial charge in [-0.2, -0.15) is 30.6 Å². The fourth-order valence-electron chi connectivity index (χ4n) is 7.17. The van der Waals surface area contributed by atoms with E-state index in [-0.39, 0.29) is 192 Å². The molecule has 6 aromatic rings. The number of hydrazone groups is 6. The summed E-state index contributed by atoms with van der Waals surface area (Å²) < 4.78 is 37.9. The molecule has 0 saturated heterocycles. The number of alkyl halides is 6. The number of aliphatic hydroxyl groups is 1. The smallest absolute Gasteiger partial charge is 1.00 e. The summed E-state index contributed by atoms with van der Waals surface area (Å²) in [4.78, 5) is 0. The molecule has 6 aromatic carbocycles. The first-order chi connectivity index (χ1) is 43.6. The molecule has 516 valence electrons. The van der Waals surface area contributed by atoms with Crippen molar-refractivity contribution in [1.29, 1.82) is 0 Å². The summed E-state index contributed by atoms with van der Waals surface area (Å²) in [6.45, 7) is -6.33. The number of rotatable bonds is 24. The second-order valence-corrected chi connectivity index (χ2v) is 29.6. The van der Waals surface area contributed by atoms with Crippen LogP contribution < -0.4 is 71.5 Å². The summed E-state index contributed by atoms with van der Waals surface area (Å²) in [6, 6.07) is 29.0. The Labute approximate surface area is 662 Å². The van der Waals surface area contributed by atoms with Gasteiger partial charge in [0.1, 0.15) is 34.5 Å². The van der Waals surface area contributed by atoms with Gasteiger partial charge in [-0.05, 0) is 93.4 Å². The van der Waals surface area contributed by atoms with Gasteiger partial charge in [-0.3, -0.25) is 0 Å². The van der Waals surface area contributed by atoms with Crippen LogP contribution >= 0.6 is 82.6 Å². The molecular weight excluding hydrogens is 1720 g/mol. The van der Waals surface area contributed by atoms with E-state index in [1.165, 1.54) is 109 Å². The van der Waals surface area contributed by atoms with Crippen LogP contribution in [-0.2, 0) is 62.6 Å². The van der Waals surface area contributed by atoms with Crippen LogP contribution in [0.2, 0.25) is 0 Å². The van der Waals surface area contributed by atoms with Crippen LogP contribution in [-0.4, -0.2) is 172 Å². The van der Waals surface area contributed by atoms with Crippen LogP contribution in [0.5, 0.6) is 69.0 Å². The van der Waals surface area contributed by atoms with Crippen molar-refractivity contribution in [3.05, 3.63) is 143 Å². The molecule has 0 spiro atoms. The first kappa shape index (κ1) is 95.7. The molecule has 0 bridgehead atoms. The third-order valence-electron chi connectivity index (χ3n) is 11.8. The Hall–Kier alpha value is -4.44. The van der Waals surface area contributed by atoms with Crippen molar-refractivity contribution < 1.29 is 154 Å². The molecule has 1 N–H and O–H groups in total. The number of halogens is 7. The normalized spacial score (nSPS) is 10.9. The number of hydrogen-bond acceptors (Lipinski definition) is 21. The Bertz CT molecular complexity index is 3030. The van der Waals surface area contributed by atoms with Gasteiger partial charge in [0.25, 0.3) is 13.0 Å². The predicted octanol–water partition coefficient (Wildman–Crippen LogP) is 5.29. The van der Waals surface area contributed by atoms with Crippen molar-refractivity contribution in [3.63, 3.8) is 0 Å². The molecule has 25 nitrogen and oxygen atoms in total. The molecule has 0 radical (unpaired) electrons. The van der Waals surface area contributed by atoms with Crippen LogP contribution in [0.3, 0.4) is 0 Å². The average Bonchev–Trinajstić information content (AvgIpc) is 0.879. The summed E-state index contributed by atoms with van der Waals surface area (Å²) in [5, 5.41) is 109. The maximum absolute atomic E-state index is 12.6. The molecule has 6 rings (SSSR count). The summed E-state index contributed by atoms with van der Waals surface area (Å²) >= 11 is 41.0. The van der Waals surface area contributed by atoms with Crippen LogP contribution in [0, 0.1) is 38.6 Å². The molecule has 0 aliphatic rings. The Balaban J connectivity index is -0.00000152. The van der Waals surface area contributed by atoms with E-state index >= 15 is 0 Å². The van der Waals surface area contributed by atoms with E-state index in [4.69, 9.17) is 127 Å². The molecule has 0 aliphatic carbocycles. The summed E-state index contributed by atoms with van der Waals surface area (Å²) in [5.74, 6) is -0.927. The van der Waals surface area contributed by atoms with E-state index in [0.29, 0.717) is 0 Å². The number of aliphatic hydroxyl groups excluding tert-OH is 1. The van der Waals surface area contributed by atoms with Crippen molar-refractivity contribution >= 4 is 143 Å². The third kappa shape index (κ3) is 28.3. The van der Waals surface area contributed by atoms with Gasteiger partial charge in [0.15, 0.2) is 8.59 Å². The van der Waals surface area contributed by atoms with Crippen molar-refractivity contribution in [2.24, 2.45) is 30.6 Å². The van der Waals surface area contributed by atoms with Gasteiger partial charge in [0.2, 0.25) is 0 Å². The van der Waals surface area contributed by atoms with Crippen molar-refractivity contribution in [2.75, 3.05) is 92.1 Å². The molecular formula is C57H66Cl7N12O13P2S2TbZn2. The van der Waals surface area contributed by atoms with Crippen molar-refractivity contribution in [3.8, 4) is 69.0 Å². The molecule has 0 heterocycles. The first-order valence-corrected chi connectivity index (χ1v) is 33.8. The minimum absolute atomic E-state index is 0. The Morgan fingerprint density at radius 2 is 0.458 bits per heavy atom. The molecule has 39 heteroatoms. The Morgan fingerprint density at radius 1 is 0.344 bits per heavy atom. The molecule has 0 atom stereocenters. The minimum atomic E-state index is -3.17. The topological polar surface area (TPSA) is 308 Å². The summed E-state index contributed by atoms with van der Waals surface area (Å²) in [5.41, 5.74) is 1.72. The molecule has 0 unspecified atom stereocenters. The number of hydrogen-bond donors (Lipinski definition) is 1. The van der Waals surface area contributed by atoms with Gasteiger partial charge in [0, 0.05) is 49.4 Å². The van der Waals surface area contributed by atoms with Crippen LogP contribution in [0.25, 0.3) is 0 Å². The van der Waals surface area contributed by atoms with E-state index in [1.807, 2.05) is 0 Å². The molecule has 96 heavy (non-hydrogen) atoms.